The van der Waals surface area contributed by atoms with Crippen molar-refractivity contribution in [3.05, 3.63) is 41.2 Å². The van der Waals surface area contributed by atoms with Crippen LogP contribution in [0.25, 0.3) is 0 Å². The van der Waals surface area contributed by atoms with Gasteiger partial charge in [-0.1, -0.05) is 11.6 Å². The summed E-state index contributed by atoms with van der Waals surface area (Å²) in [7, 11) is 3.27. The minimum Gasteiger partial charge on any atom is -0.495 e. The lowest BCUT2D eigenvalue weighted by atomic mass is 10.1. The molecule has 0 aliphatic heterocycles. The van der Waals surface area contributed by atoms with Crippen LogP contribution in [0.3, 0.4) is 0 Å². The first kappa shape index (κ1) is 14.4. The van der Waals surface area contributed by atoms with Gasteiger partial charge in [-0.2, -0.15) is 5.10 Å². The average Bonchev–Trinajstić information content (AvgIpc) is 2.86. The lowest BCUT2D eigenvalue weighted by Crippen LogP contribution is -2.27. The molecule has 2 rings (SSSR count). The molecule has 0 saturated heterocycles. The van der Waals surface area contributed by atoms with Gasteiger partial charge in [0.25, 0.3) is 0 Å². The molecule has 7 heteroatoms. The molecule has 106 valence electrons. The largest absolute Gasteiger partial charge is 0.495 e. The summed E-state index contributed by atoms with van der Waals surface area (Å²) in [6, 6.07) is 4.17. The number of halogens is 1. The van der Waals surface area contributed by atoms with E-state index in [9.17, 15) is 4.79 Å². The van der Waals surface area contributed by atoms with Gasteiger partial charge in [0.1, 0.15) is 11.8 Å². The number of hydrogen-bond donors (Lipinski definition) is 2. The predicted molar refractivity (Wildman–Crippen MR) is 76.8 cm³/mol. The molecule has 0 radical (unpaired) electrons. The second-order valence-corrected chi connectivity index (χ2v) is 4.67. The number of aromatic nitrogens is 2. The van der Waals surface area contributed by atoms with Crippen LogP contribution in [0.15, 0.2) is 30.6 Å². The fourth-order valence-electron chi connectivity index (χ4n) is 1.71. The van der Waals surface area contributed by atoms with Crippen LogP contribution in [0, 0.1) is 0 Å². The Bertz CT molecular complexity index is 627. The van der Waals surface area contributed by atoms with E-state index in [0.29, 0.717) is 22.0 Å². The van der Waals surface area contributed by atoms with Gasteiger partial charge in [0.2, 0.25) is 5.91 Å². The molecule has 1 aromatic carbocycles. The summed E-state index contributed by atoms with van der Waals surface area (Å²) in [6.07, 6.45) is 3.26. The molecule has 1 atom stereocenters. The van der Waals surface area contributed by atoms with E-state index in [4.69, 9.17) is 22.1 Å². The minimum absolute atomic E-state index is 0.331. The van der Waals surface area contributed by atoms with Crippen LogP contribution >= 0.6 is 11.6 Å². The summed E-state index contributed by atoms with van der Waals surface area (Å²) in [4.78, 5) is 12.1. The fraction of sp³-hybridized carbons (Fsp3) is 0.231. The molecule has 0 aliphatic rings. The standard InChI is InChI=1S/C13H15ClN4O2/c1-18-7-8(6-16-18)12(15)13(19)17-9-3-4-10(14)11(5-9)20-2/h3-7,12H,15H2,1-2H3,(H,17,19). The molecule has 0 spiro atoms. The molecule has 1 amide bonds. The van der Waals surface area contributed by atoms with Crippen LogP contribution in [0.1, 0.15) is 11.6 Å². The predicted octanol–water partition coefficient (Wildman–Crippen LogP) is 1.72. The highest BCUT2D eigenvalue weighted by Crippen LogP contribution is 2.27. The third kappa shape index (κ3) is 3.09. The Hall–Kier alpha value is -2.05. The second-order valence-electron chi connectivity index (χ2n) is 4.26. The Morgan fingerprint density at radius 1 is 1.55 bits per heavy atom. The molecule has 6 nitrogen and oxygen atoms in total. The average molecular weight is 295 g/mol. The highest BCUT2D eigenvalue weighted by Gasteiger charge is 2.17. The summed E-state index contributed by atoms with van der Waals surface area (Å²) in [5.74, 6) is 0.154. The Balaban J connectivity index is 2.11. The van der Waals surface area contributed by atoms with E-state index in [1.54, 1.807) is 42.3 Å². The van der Waals surface area contributed by atoms with E-state index in [0.717, 1.165) is 0 Å². The number of methoxy groups -OCH3 is 1. The molecule has 0 aliphatic carbocycles. The number of nitrogens with one attached hydrogen (secondary N) is 1. The fourth-order valence-corrected chi connectivity index (χ4v) is 1.90. The quantitative estimate of drug-likeness (QED) is 0.899. The van der Waals surface area contributed by atoms with E-state index in [2.05, 4.69) is 10.4 Å². The zero-order valence-electron chi connectivity index (χ0n) is 11.1. The molecule has 2 aromatic rings. The molecular formula is C13H15ClN4O2. The Morgan fingerprint density at radius 3 is 2.90 bits per heavy atom. The maximum absolute atomic E-state index is 12.1. The Morgan fingerprint density at radius 2 is 2.30 bits per heavy atom. The maximum atomic E-state index is 12.1. The van der Waals surface area contributed by atoms with Crippen LogP contribution in [0.5, 0.6) is 5.75 Å². The van der Waals surface area contributed by atoms with Gasteiger partial charge in [-0.3, -0.25) is 9.48 Å². The van der Waals surface area contributed by atoms with Gasteiger partial charge < -0.3 is 15.8 Å². The van der Waals surface area contributed by atoms with Crippen molar-refractivity contribution in [3.8, 4) is 5.75 Å². The Labute approximate surface area is 121 Å². The van der Waals surface area contributed by atoms with Crippen LogP contribution < -0.4 is 15.8 Å². The van der Waals surface area contributed by atoms with E-state index in [-0.39, 0.29) is 5.91 Å². The number of anilines is 1. The van der Waals surface area contributed by atoms with Gasteiger partial charge >= 0.3 is 0 Å². The zero-order valence-corrected chi connectivity index (χ0v) is 11.9. The van der Waals surface area contributed by atoms with Gasteiger partial charge in [-0.05, 0) is 12.1 Å². The van der Waals surface area contributed by atoms with Crippen LogP contribution in [-0.4, -0.2) is 22.8 Å². The zero-order chi connectivity index (χ0) is 14.7. The minimum atomic E-state index is -0.787. The number of carbonyl (C=O) groups excluding carboxylic acids is 1. The van der Waals surface area contributed by atoms with Gasteiger partial charge in [-0.15, -0.1) is 0 Å². The van der Waals surface area contributed by atoms with E-state index in [1.165, 1.54) is 7.11 Å². The van der Waals surface area contributed by atoms with Crippen molar-refractivity contribution in [2.75, 3.05) is 12.4 Å². The number of carbonyl (C=O) groups is 1. The van der Waals surface area contributed by atoms with Gasteiger partial charge in [0.05, 0.1) is 18.3 Å². The van der Waals surface area contributed by atoms with Crippen molar-refractivity contribution in [2.24, 2.45) is 12.8 Å². The molecule has 0 fully saturated rings. The molecule has 0 saturated carbocycles. The summed E-state index contributed by atoms with van der Waals surface area (Å²) in [5, 5.41) is 7.17. The molecule has 20 heavy (non-hydrogen) atoms. The number of benzene rings is 1. The molecule has 3 N–H and O–H groups in total. The van der Waals surface area contributed by atoms with E-state index >= 15 is 0 Å². The lowest BCUT2D eigenvalue weighted by Gasteiger charge is -2.12. The molecule has 1 aromatic heterocycles. The van der Waals surface area contributed by atoms with E-state index in [1.807, 2.05) is 0 Å². The van der Waals surface area contributed by atoms with Crippen molar-refractivity contribution < 1.29 is 9.53 Å². The van der Waals surface area contributed by atoms with E-state index < -0.39 is 6.04 Å². The normalized spacial score (nSPS) is 12.0. The molecular weight excluding hydrogens is 280 g/mol. The maximum Gasteiger partial charge on any atom is 0.246 e. The number of rotatable bonds is 4. The highest BCUT2D eigenvalue weighted by molar-refractivity contribution is 6.32. The van der Waals surface area contributed by atoms with Crippen molar-refractivity contribution in [3.63, 3.8) is 0 Å². The van der Waals surface area contributed by atoms with Crippen molar-refractivity contribution in [1.29, 1.82) is 0 Å². The number of nitrogens with zero attached hydrogens (tertiary/aromatic N) is 2. The molecule has 1 unspecified atom stereocenters. The first-order valence-corrected chi connectivity index (χ1v) is 6.27. The van der Waals surface area contributed by atoms with Crippen LogP contribution in [0.4, 0.5) is 5.69 Å². The first-order valence-electron chi connectivity index (χ1n) is 5.90. The topological polar surface area (TPSA) is 82.2 Å². The second kappa shape index (κ2) is 5.94. The van der Waals surface area contributed by atoms with Gasteiger partial charge in [0, 0.05) is 30.6 Å². The van der Waals surface area contributed by atoms with Crippen LogP contribution in [-0.2, 0) is 11.8 Å². The highest BCUT2D eigenvalue weighted by atomic mass is 35.5. The van der Waals surface area contributed by atoms with Gasteiger partial charge in [0.15, 0.2) is 0 Å². The molecule has 1 heterocycles. The van der Waals surface area contributed by atoms with Crippen LogP contribution in [0.2, 0.25) is 5.02 Å². The van der Waals surface area contributed by atoms with Crippen molar-refractivity contribution in [1.82, 2.24) is 9.78 Å². The summed E-state index contributed by atoms with van der Waals surface area (Å²) in [5.41, 5.74) is 7.09. The number of nitrogens with two attached hydrogens (primary N) is 1. The van der Waals surface area contributed by atoms with Crippen molar-refractivity contribution in [2.45, 2.75) is 6.04 Å². The lowest BCUT2D eigenvalue weighted by molar-refractivity contribution is -0.117. The summed E-state index contributed by atoms with van der Waals surface area (Å²) < 4.78 is 6.68. The first-order chi connectivity index (χ1) is 9.51. The summed E-state index contributed by atoms with van der Waals surface area (Å²) >= 11 is 5.92. The number of aryl methyl sites for hydroxylation is 1. The monoisotopic (exact) mass is 294 g/mol. The van der Waals surface area contributed by atoms with Gasteiger partial charge in [-0.25, -0.2) is 0 Å². The third-order valence-corrected chi connectivity index (χ3v) is 3.10. The summed E-state index contributed by atoms with van der Waals surface area (Å²) in [6.45, 7) is 0. The smallest absolute Gasteiger partial charge is 0.246 e. The number of hydrogen-bond acceptors (Lipinski definition) is 4. The molecule has 0 bridgehead atoms. The Kier molecular flexibility index (Phi) is 4.26. The van der Waals surface area contributed by atoms with Crippen molar-refractivity contribution >= 4 is 23.2 Å². The number of ether oxygens (including phenoxy) is 1. The number of amides is 1. The third-order valence-electron chi connectivity index (χ3n) is 2.79. The SMILES string of the molecule is COc1cc(NC(=O)C(N)c2cnn(C)c2)ccc1Cl.